The van der Waals surface area contributed by atoms with Crippen molar-refractivity contribution in [2.24, 2.45) is 5.92 Å². The Bertz CT molecular complexity index is 669. The van der Waals surface area contributed by atoms with Gasteiger partial charge >= 0.3 is 5.76 Å². The lowest BCUT2D eigenvalue weighted by atomic mass is 10.2. The molecule has 0 aliphatic rings. The summed E-state index contributed by atoms with van der Waals surface area (Å²) in [6.07, 6.45) is 0. The number of aromatic nitrogens is 2. The zero-order valence-electron chi connectivity index (χ0n) is 12.2. The zero-order chi connectivity index (χ0) is 15.2. The van der Waals surface area contributed by atoms with Crippen molar-refractivity contribution in [1.82, 2.24) is 14.7 Å². The van der Waals surface area contributed by atoms with Gasteiger partial charge in [-0.05, 0) is 25.6 Å². The summed E-state index contributed by atoms with van der Waals surface area (Å²) < 4.78 is 6.47. The molecular formula is C15H18N4O2. The first-order valence-electron chi connectivity index (χ1n) is 6.89. The van der Waals surface area contributed by atoms with Gasteiger partial charge in [-0.3, -0.25) is 4.90 Å². The molecule has 0 radical (unpaired) electrons. The van der Waals surface area contributed by atoms with E-state index in [-0.39, 0.29) is 5.92 Å². The van der Waals surface area contributed by atoms with Gasteiger partial charge in [0.1, 0.15) is 6.67 Å². The van der Waals surface area contributed by atoms with Crippen LogP contribution in [-0.2, 0) is 6.67 Å². The predicted molar refractivity (Wildman–Crippen MR) is 78.2 cm³/mol. The maximum absolute atomic E-state index is 11.9. The number of hydrogen-bond acceptors (Lipinski definition) is 5. The molecule has 0 bridgehead atoms. The highest BCUT2D eigenvalue weighted by Crippen LogP contribution is 2.14. The van der Waals surface area contributed by atoms with Crippen molar-refractivity contribution in [2.45, 2.75) is 20.5 Å². The summed E-state index contributed by atoms with van der Waals surface area (Å²) in [5, 5.41) is 13.1. The van der Waals surface area contributed by atoms with Crippen LogP contribution in [0.15, 0.2) is 39.5 Å². The Morgan fingerprint density at radius 2 is 2.14 bits per heavy atom. The van der Waals surface area contributed by atoms with Crippen molar-refractivity contribution >= 4 is 0 Å². The summed E-state index contributed by atoms with van der Waals surface area (Å²) >= 11 is 0. The molecule has 0 saturated heterocycles. The number of hydrogen-bond donors (Lipinski definition) is 0. The molecule has 21 heavy (non-hydrogen) atoms. The Labute approximate surface area is 123 Å². The highest BCUT2D eigenvalue weighted by atomic mass is 16.4. The Hall–Kier alpha value is -2.39. The maximum Gasteiger partial charge on any atom is 0.438 e. The number of nitrogens with zero attached hydrogens (tertiary/aromatic N) is 4. The van der Waals surface area contributed by atoms with Crippen LogP contribution in [-0.4, -0.2) is 27.8 Å². The summed E-state index contributed by atoms with van der Waals surface area (Å²) in [4.78, 5) is 13.8. The fourth-order valence-corrected chi connectivity index (χ4v) is 2.00. The van der Waals surface area contributed by atoms with Crippen molar-refractivity contribution in [3.63, 3.8) is 0 Å². The van der Waals surface area contributed by atoms with Crippen molar-refractivity contribution in [3.05, 3.63) is 40.9 Å². The number of benzene rings is 1. The van der Waals surface area contributed by atoms with Crippen LogP contribution in [0.2, 0.25) is 0 Å². The normalized spacial score (nSPS) is 12.3. The molecule has 2 rings (SSSR count). The molecule has 6 nitrogen and oxygen atoms in total. The van der Waals surface area contributed by atoms with Gasteiger partial charge in [0.2, 0.25) is 5.89 Å². The van der Waals surface area contributed by atoms with E-state index in [1.54, 1.807) is 0 Å². The highest BCUT2D eigenvalue weighted by Gasteiger charge is 2.14. The SMILES string of the molecule is CCN(C[C@@H](C)C#N)Cn1nc(-c2ccccc2)oc1=O. The third-order valence-corrected chi connectivity index (χ3v) is 3.16. The molecule has 0 aliphatic carbocycles. The lowest BCUT2D eigenvalue weighted by Crippen LogP contribution is -2.34. The van der Waals surface area contributed by atoms with Gasteiger partial charge in [-0.15, -0.1) is 5.10 Å². The molecule has 0 amide bonds. The van der Waals surface area contributed by atoms with Crippen LogP contribution in [0.5, 0.6) is 0 Å². The second kappa shape index (κ2) is 6.86. The van der Waals surface area contributed by atoms with E-state index >= 15 is 0 Å². The molecule has 1 aromatic heterocycles. The van der Waals surface area contributed by atoms with Gasteiger partial charge in [0, 0.05) is 12.1 Å². The van der Waals surface area contributed by atoms with E-state index in [1.807, 2.05) is 49.1 Å². The summed E-state index contributed by atoms with van der Waals surface area (Å²) in [6, 6.07) is 11.5. The van der Waals surface area contributed by atoms with Gasteiger partial charge in [-0.1, -0.05) is 25.1 Å². The molecule has 0 aliphatic heterocycles. The first kappa shape index (κ1) is 15.0. The first-order chi connectivity index (χ1) is 10.1. The van der Waals surface area contributed by atoms with Crippen LogP contribution in [0.1, 0.15) is 13.8 Å². The summed E-state index contributed by atoms with van der Waals surface area (Å²) in [6.45, 7) is 5.47. The lowest BCUT2D eigenvalue weighted by Gasteiger charge is -2.20. The monoisotopic (exact) mass is 286 g/mol. The molecule has 0 fully saturated rings. The van der Waals surface area contributed by atoms with Crippen molar-refractivity contribution < 1.29 is 4.42 Å². The van der Waals surface area contributed by atoms with E-state index in [0.717, 1.165) is 12.1 Å². The second-order valence-corrected chi connectivity index (χ2v) is 4.88. The average molecular weight is 286 g/mol. The molecule has 2 aromatic rings. The van der Waals surface area contributed by atoms with Crippen LogP contribution in [0.3, 0.4) is 0 Å². The largest absolute Gasteiger partial charge is 0.438 e. The third-order valence-electron chi connectivity index (χ3n) is 3.16. The predicted octanol–water partition coefficient (Wildman–Crippen LogP) is 1.94. The average Bonchev–Trinajstić information content (AvgIpc) is 2.88. The van der Waals surface area contributed by atoms with E-state index in [2.05, 4.69) is 11.2 Å². The smallest absolute Gasteiger partial charge is 0.388 e. The number of nitriles is 1. The van der Waals surface area contributed by atoms with E-state index in [0.29, 0.717) is 19.1 Å². The van der Waals surface area contributed by atoms with E-state index in [4.69, 9.17) is 9.68 Å². The molecule has 0 spiro atoms. The van der Waals surface area contributed by atoms with Crippen LogP contribution in [0.25, 0.3) is 11.5 Å². The first-order valence-corrected chi connectivity index (χ1v) is 6.89. The Balaban J connectivity index is 2.16. The van der Waals surface area contributed by atoms with E-state index < -0.39 is 5.76 Å². The summed E-state index contributed by atoms with van der Waals surface area (Å²) in [7, 11) is 0. The summed E-state index contributed by atoms with van der Waals surface area (Å²) in [5.41, 5.74) is 0.766. The zero-order valence-corrected chi connectivity index (χ0v) is 12.2. The molecule has 0 unspecified atom stereocenters. The molecule has 1 atom stereocenters. The molecule has 1 heterocycles. The molecule has 1 aromatic carbocycles. The fourth-order valence-electron chi connectivity index (χ4n) is 2.00. The van der Waals surface area contributed by atoms with Gasteiger partial charge in [0.25, 0.3) is 0 Å². The quantitative estimate of drug-likeness (QED) is 0.811. The Morgan fingerprint density at radius 3 is 2.76 bits per heavy atom. The molecule has 0 N–H and O–H groups in total. The van der Waals surface area contributed by atoms with Crippen molar-refractivity contribution in [1.29, 1.82) is 5.26 Å². The minimum Gasteiger partial charge on any atom is -0.388 e. The van der Waals surface area contributed by atoms with Crippen LogP contribution in [0.4, 0.5) is 0 Å². The van der Waals surface area contributed by atoms with Gasteiger partial charge < -0.3 is 4.42 Å². The van der Waals surface area contributed by atoms with Gasteiger partial charge in [0.15, 0.2) is 0 Å². The fraction of sp³-hybridized carbons (Fsp3) is 0.400. The second-order valence-electron chi connectivity index (χ2n) is 4.88. The topological polar surface area (TPSA) is 75.1 Å². The Morgan fingerprint density at radius 1 is 1.43 bits per heavy atom. The van der Waals surface area contributed by atoms with Gasteiger partial charge in [-0.2, -0.15) is 9.94 Å². The lowest BCUT2D eigenvalue weighted by molar-refractivity contribution is 0.197. The molecule has 6 heteroatoms. The van der Waals surface area contributed by atoms with Crippen LogP contribution in [0, 0.1) is 17.2 Å². The molecule has 110 valence electrons. The van der Waals surface area contributed by atoms with Crippen molar-refractivity contribution in [3.8, 4) is 17.5 Å². The van der Waals surface area contributed by atoms with Gasteiger partial charge in [-0.25, -0.2) is 4.79 Å². The molecular weight excluding hydrogens is 268 g/mol. The third kappa shape index (κ3) is 3.80. The highest BCUT2D eigenvalue weighted by molar-refractivity contribution is 5.51. The van der Waals surface area contributed by atoms with Gasteiger partial charge in [0.05, 0.1) is 12.0 Å². The van der Waals surface area contributed by atoms with E-state index in [1.165, 1.54) is 4.68 Å². The standard InChI is InChI=1S/C15H18N4O2/c1-3-18(10-12(2)9-16)11-19-15(20)21-14(17-19)13-7-5-4-6-8-13/h4-8,12H,3,10-11H2,1-2H3/t12-/m0/s1. The van der Waals surface area contributed by atoms with E-state index in [9.17, 15) is 4.79 Å². The Kier molecular flexibility index (Phi) is 4.90. The minimum atomic E-state index is -0.489. The van der Waals surface area contributed by atoms with Crippen molar-refractivity contribution in [2.75, 3.05) is 13.1 Å². The number of rotatable bonds is 6. The van der Waals surface area contributed by atoms with Crippen LogP contribution >= 0.6 is 0 Å². The minimum absolute atomic E-state index is 0.0962. The van der Waals surface area contributed by atoms with Crippen LogP contribution < -0.4 is 5.76 Å². The maximum atomic E-state index is 11.9. The molecule has 0 saturated carbocycles. The summed E-state index contributed by atoms with van der Waals surface area (Å²) in [5.74, 6) is -0.275.